The van der Waals surface area contributed by atoms with Crippen LogP contribution in [0.3, 0.4) is 0 Å². The van der Waals surface area contributed by atoms with Crippen molar-refractivity contribution in [2.45, 2.75) is 11.8 Å². The fraction of sp³-hybridized carbons (Fsp3) is 0.118. The number of anilines is 1. The largest absolute Gasteiger partial charge is 0.380 e. The van der Waals surface area contributed by atoms with E-state index in [9.17, 15) is 0 Å². The zero-order valence-corrected chi connectivity index (χ0v) is 12.8. The number of benzene rings is 2. The summed E-state index contributed by atoms with van der Waals surface area (Å²) in [5.74, 6) is 1.13. The molecule has 0 unspecified atom stereocenters. The van der Waals surface area contributed by atoms with Crippen LogP contribution in [0.15, 0.2) is 57.9 Å². The molecular weight excluding hydrogens is 280 g/mol. The van der Waals surface area contributed by atoms with Crippen LogP contribution < -0.4 is 5.73 Å². The second kappa shape index (κ2) is 5.66. The van der Waals surface area contributed by atoms with Crippen molar-refractivity contribution in [2.75, 3.05) is 12.0 Å². The Balaban J connectivity index is 2.09. The maximum Gasteiger partial charge on any atom is 0.176 e. The molecule has 0 amide bonds. The van der Waals surface area contributed by atoms with E-state index in [1.165, 1.54) is 10.5 Å². The molecule has 106 valence electrons. The number of nitrogen functional groups attached to an aromatic ring is 1. The summed E-state index contributed by atoms with van der Waals surface area (Å²) in [6.07, 6.45) is 2.05. The summed E-state index contributed by atoms with van der Waals surface area (Å²) in [6, 6.07) is 16.4. The summed E-state index contributed by atoms with van der Waals surface area (Å²) < 4.78 is 5.46. The zero-order chi connectivity index (χ0) is 14.8. The van der Waals surface area contributed by atoms with Crippen LogP contribution >= 0.6 is 11.8 Å². The Hall–Kier alpha value is -2.20. The summed E-state index contributed by atoms with van der Waals surface area (Å²) >= 11 is 1.71. The zero-order valence-electron chi connectivity index (χ0n) is 12.0. The van der Waals surface area contributed by atoms with Gasteiger partial charge in [0.2, 0.25) is 0 Å². The first kappa shape index (κ1) is 13.8. The average Bonchev–Trinajstić information content (AvgIpc) is 2.90. The molecule has 2 aromatic carbocycles. The Labute approximate surface area is 128 Å². The second-order valence-electron chi connectivity index (χ2n) is 4.87. The number of rotatable bonds is 3. The first-order valence-electron chi connectivity index (χ1n) is 6.65. The normalized spacial score (nSPS) is 10.8. The van der Waals surface area contributed by atoms with E-state index < -0.39 is 0 Å². The lowest BCUT2D eigenvalue weighted by atomic mass is 10.0. The van der Waals surface area contributed by atoms with Gasteiger partial charge >= 0.3 is 0 Å². The summed E-state index contributed by atoms with van der Waals surface area (Å²) in [5, 5.41) is 3.93. The summed E-state index contributed by atoms with van der Waals surface area (Å²) in [7, 11) is 0. The minimum atomic E-state index is 0.419. The van der Waals surface area contributed by atoms with Gasteiger partial charge in [0, 0.05) is 10.5 Å². The molecule has 0 aliphatic heterocycles. The molecule has 0 spiro atoms. The minimum absolute atomic E-state index is 0.419. The van der Waals surface area contributed by atoms with E-state index in [-0.39, 0.29) is 0 Å². The Morgan fingerprint density at radius 3 is 2.19 bits per heavy atom. The van der Waals surface area contributed by atoms with Crippen LogP contribution in [0.2, 0.25) is 0 Å². The molecular formula is C17H16N2OS. The topological polar surface area (TPSA) is 52.0 Å². The lowest BCUT2D eigenvalue weighted by Crippen LogP contribution is -1.89. The molecule has 0 saturated heterocycles. The van der Waals surface area contributed by atoms with Gasteiger partial charge in [-0.05, 0) is 43.0 Å². The molecule has 3 rings (SSSR count). The highest BCUT2D eigenvalue weighted by molar-refractivity contribution is 7.98. The Kier molecular flexibility index (Phi) is 3.71. The number of aryl methyl sites for hydroxylation is 1. The van der Waals surface area contributed by atoms with Crippen molar-refractivity contribution in [1.82, 2.24) is 5.16 Å². The van der Waals surface area contributed by atoms with Crippen molar-refractivity contribution in [3.05, 3.63) is 54.1 Å². The Morgan fingerprint density at radius 1 is 0.952 bits per heavy atom. The van der Waals surface area contributed by atoms with Crippen LogP contribution in [0.4, 0.5) is 5.82 Å². The van der Waals surface area contributed by atoms with Gasteiger partial charge < -0.3 is 10.3 Å². The average molecular weight is 296 g/mol. The molecule has 21 heavy (non-hydrogen) atoms. The van der Waals surface area contributed by atoms with E-state index >= 15 is 0 Å². The third-order valence-corrected chi connectivity index (χ3v) is 4.15. The first-order valence-corrected chi connectivity index (χ1v) is 7.88. The first-order chi connectivity index (χ1) is 10.2. The van der Waals surface area contributed by atoms with Crippen LogP contribution in [0, 0.1) is 6.92 Å². The van der Waals surface area contributed by atoms with Crippen molar-refractivity contribution in [1.29, 1.82) is 0 Å². The molecule has 0 fully saturated rings. The molecule has 0 bridgehead atoms. The Morgan fingerprint density at radius 2 is 1.57 bits per heavy atom. The van der Waals surface area contributed by atoms with E-state index in [1.54, 1.807) is 11.8 Å². The molecule has 3 nitrogen and oxygen atoms in total. The van der Waals surface area contributed by atoms with Gasteiger partial charge in [-0.15, -0.1) is 11.8 Å². The highest BCUT2D eigenvalue weighted by Gasteiger charge is 2.17. The van der Waals surface area contributed by atoms with Crippen molar-refractivity contribution in [3.63, 3.8) is 0 Å². The smallest absolute Gasteiger partial charge is 0.176 e. The summed E-state index contributed by atoms with van der Waals surface area (Å²) in [6.45, 7) is 2.06. The standard InChI is InChI=1S/C17H16N2OS/c1-11-3-5-12(6-4-11)15-16(20-19-17(15)18)13-7-9-14(21-2)10-8-13/h3-10H,1-2H3,(H2,18,19). The molecule has 4 heteroatoms. The molecule has 0 radical (unpaired) electrons. The van der Waals surface area contributed by atoms with Crippen molar-refractivity contribution >= 4 is 17.6 Å². The fourth-order valence-corrected chi connectivity index (χ4v) is 2.65. The molecule has 3 aromatic rings. The molecule has 0 aliphatic carbocycles. The number of hydrogen-bond donors (Lipinski definition) is 1. The predicted octanol–water partition coefficient (Wildman–Crippen LogP) is 4.62. The highest BCUT2D eigenvalue weighted by Crippen LogP contribution is 2.37. The van der Waals surface area contributed by atoms with E-state index in [0.717, 1.165) is 16.7 Å². The van der Waals surface area contributed by atoms with Gasteiger partial charge in [0.25, 0.3) is 0 Å². The maximum atomic E-state index is 6.00. The molecule has 2 N–H and O–H groups in total. The van der Waals surface area contributed by atoms with E-state index in [4.69, 9.17) is 10.3 Å². The van der Waals surface area contributed by atoms with E-state index in [0.29, 0.717) is 11.6 Å². The van der Waals surface area contributed by atoms with Gasteiger partial charge in [-0.3, -0.25) is 0 Å². The van der Waals surface area contributed by atoms with Gasteiger partial charge in [-0.2, -0.15) is 0 Å². The number of nitrogens with zero attached hydrogens (tertiary/aromatic N) is 1. The molecule has 1 aromatic heterocycles. The highest BCUT2D eigenvalue weighted by atomic mass is 32.2. The van der Waals surface area contributed by atoms with Crippen LogP contribution in [-0.4, -0.2) is 11.4 Å². The van der Waals surface area contributed by atoms with Crippen molar-refractivity contribution in [3.8, 4) is 22.5 Å². The quantitative estimate of drug-likeness (QED) is 0.716. The third-order valence-electron chi connectivity index (χ3n) is 3.41. The number of nitrogens with two attached hydrogens (primary N) is 1. The van der Waals surface area contributed by atoms with Gasteiger partial charge in [0.15, 0.2) is 11.6 Å². The molecule has 0 atom stereocenters. The predicted molar refractivity (Wildman–Crippen MR) is 88.3 cm³/mol. The van der Waals surface area contributed by atoms with Crippen molar-refractivity contribution in [2.24, 2.45) is 0 Å². The van der Waals surface area contributed by atoms with E-state index in [1.807, 2.05) is 24.3 Å². The Bertz CT molecular complexity index is 745. The molecule has 0 saturated carbocycles. The van der Waals surface area contributed by atoms with Crippen LogP contribution in [0.1, 0.15) is 5.56 Å². The summed E-state index contributed by atoms with van der Waals surface area (Å²) in [5.41, 5.74) is 10.1. The lowest BCUT2D eigenvalue weighted by Gasteiger charge is -2.04. The third kappa shape index (κ3) is 2.67. The minimum Gasteiger partial charge on any atom is -0.380 e. The number of hydrogen-bond acceptors (Lipinski definition) is 4. The second-order valence-corrected chi connectivity index (χ2v) is 5.75. The monoisotopic (exact) mass is 296 g/mol. The van der Waals surface area contributed by atoms with E-state index in [2.05, 4.69) is 42.6 Å². The fourth-order valence-electron chi connectivity index (χ4n) is 2.24. The van der Waals surface area contributed by atoms with Crippen LogP contribution in [0.5, 0.6) is 0 Å². The van der Waals surface area contributed by atoms with Gasteiger partial charge in [-0.1, -0.05) is 35.0 Å². The molecule has 1 heterocycles. The van der Waals surface area contributed by atoms with Gasteiger partial charge in [0.05, 0.1) is 5.56 Å². The maximum absolute atomic E-state index is 6.00. The van der Waals surface area contributed by atoms with Gasteiger partial charge in [0.1, 0.15) is 0 Å². The lowest BCUT2D eigenvalue weighted by molar-refractivity contribution is 0.436. The van der Waals surface area contributed by atoms with Crippen LogP contribution in [-0.2, 0) is 0 Å². The summed E-state index contributed by atoms with van der Waals surface area (Å²) in [4.78, 5) is 1.21. The van der Waals surface area contributed by atoms with Crippen LogP contribution in [0.25, 0.3) is 22.5 Å². The SMILES string of the molecule is CSc1ccc(-c2onc(N)c2-c2ccc(C)cc2)cc1. The molecule has 0 aliphatic rings. The van der Waals surface area contributed by atoms with Crippen molar-refractivity contribution < 1.29 is 4.52 Å². The number of thioether (sulfide) groups is 1. The number of aromatic nitrogens is 1. The van der Waals surface area contributed by atoms with Gasteiger partial charge in [-0.25, -0.2) is 0 Å².